The number of nitrogens with zero attached hydrogens (tertiary/aromatic N) is 8. The van der Waals surface area contributed by atoms with Crippen LogP contribution in [0.1, 0.15) is 11.6 Å². The molecule has 0 fully saturated rings. The van der Waals surface area contributed by atoms with Crippen LogP contribution in [0.5, 0.6) is 0 Å². The molecule has 83 heavy (non-hydrogen) atoms. The van der Waals surface area contributed by atoms with E-state index in [2.05, 4.69) is 286 Å². The van der Waals surface area contributed by atoms with Crippen LogP contribution in [-0.4, -0.2) is 38.6 Å². The summed E-state index contributed by atoms with van der Waals surface area (Å²) in [4.78, 5) is 25.4. The molecule has 5 aromatic heterocycles. The number of hydrogen-bond donors (Lipinski definition) is 0. The molecule has 0 atom stereocenters. The van der Waals surface area contributed by atoms with Crippen molar-refractivity contribution in [2.24, 2.45) is 0 Å². The number of aryl methyl sites for hydroxylation is 2. The molecular formula is C75H50N8. The minimum absolute atomic E-state index is 0.609. The summed E-state index contributed by atoms with van der Waals surface area (Å²) in [6, 6.07) is 96.0. The van der Waals surface area contributed by atoms with Gasteiger partial charge in [0.2, 0.25) is 0 Å². The van der Waals surface area contributed by atoms with Gasteiger partial charge < -0.3 is 13.7 Å². The Morgan fingerprint density at radius 1 is 0.241 bits per heavy atom. The van der Waals surface area contributed by atoms with Gasteiger partial charge in [-0.2, -0.15) is 0 Å². The monoisotopic (exact) mass is 1060 g/mol. The van der Waals surface area contributed by atoms with E-state index in [1.54, 1.807) is 0 Å². The molecule has 0 bridgehead atoms. The summed E-state index contributed by atoms with van der Waals surface area (Å²) in [6.07, 6.45) is 0. The molecule has 0 saturated heterocycles. The first-order valence-corrected chi connectivity index (χ1v) is 28.1. The van der Waals surface area contributed by atoms with Crippen molar-refractivity contribution in [1.82, 2.24) is 38.6 Å². The smallest absolute Gasteiger partial charge is 0.163 e. The lowest BCUT2D eigenvalue weighted by molar-refractivity contribution is 0.929. The van der Waals surface area contributed by atoms with Crippen LogP contribution in [0.3, 0.4) is 0 Å². The summed E-state index contributed by atoms with van der Waals surface area (Å²) in [5, 5.41) is 6.93. The molecular weight excluding hydrogens is 1010 g/mol. The normalized spacial score (nSPS) is 11.7. The number of aromatic nitrogens is 8. The third-order valence-corrected chi connectivity index (χ3v) is 16.3. The number of hydrogen-bond acceptors (Lipinski definition) is 5. The van der Waals surface area contributed by atoms with Crippen LogP contribution in [0, 0.1) is 13.8 Å². The first kappa shape index (κ1) is 47.9. The van der Waals surface area contributed by atoms with E-state index in [1.165, 1.54) is 21.5 Å². The molecule has 0 aliphatic heterocycles. The lowest BCUT2D eigenvalue weighted by Crippen LogP contribution is -2.06. The summed E-state index contributed by atoms with van der Waals surface area (Å²) in [5.74, 6) is 2.62. The third-order valence-electron chi connectivity index (χ3n) is 16.3. The zero-order valence-corrected chi connectivity index (χ0v) is 45.5. The van der Waals surface area contributed by atoms with Gasteiger partial charge in [0.15, 0.2) is 11.6 Å². The van der Waals surface area contributed by atoms with Crippen LogP contribution >= 0.6 is 0 Å². The highest BCUT2D eigenvalue weighted by atomic mass is 15.0. The van der Waals surface area contributed by atoms with Crippen LogP contribution in [0.25, 0.3) is 150 Å². The fourth-order valence-electron chi connectivity index (χ4n) is 12.8. The molecule has 0 aliphatic carbocycles. The van der Waals surface area contributed by atoms with Gasteiger partial charge in [0.05, 0.1) is 61.6 Å². The standard InChI is InChI=1S/C75H50N8/c1-47-76-48(2)78-74(77-47)51-41-42-72-60(43-51)57-31-13-22-40-71(57)83(72)73-61(58-32-14-20-38-69(58)81-65-34-16-9-27-53(65)54-28-10-17-35-66(54)81)44-52(75-79-63(49-23-5-3-6-24-49)46-64(80-75)50-25-7-4-8-26-50)45-62(73)59-33-15-21-39-70(59)82-67-36-18-11-29-55(67)56-30-12-19-37-68(56)82/h3-46H,1-2H3. The molecule has 5 heterocycles. The maximum Gasteiger partial charge on any atom is 0.163 e. The minimum Gasteiger partial charge on any atom is -0.309 e. The van der Waals surface area contributed by atoms with Crippen molar-refractivity contribution in [3.05, 3.63) is 279 Å². The van der Waals surface area contributed by atoms with Crippen LogP contribution in [-0.2, 0) is 0 Å². The second-order valence-corrected chi connectivity index (χ2v) is 21.2. The molecule has 0 unspecified atom stereocenters. The first-order valence-electron chi connectivity index (χ1n) is 28.1. The molecule has 0 aliphatic rings. The SMILES string of the molecule is Cc1nc(C)nc(-c2ccc3c(c2)c2ccccc2n3-c2c(-c3ccccc3-n3c4ccccc4c4ccccc43)cc(-c3nc(-c4ccccc4)cc(-c4ccccc4)n3)cc2-c2ccccc2-n2c3ccccc3c3ccccc32)n1. The molecule has 0 radical (unpaired) electrons. The Morgan fingerprint density at radius 3 is 1.06 bits per heavy atom. The quantitative estimate of drug-likeness (QED) is 0.144. The summed E-state index contributed by atoms with van der Waals surface area (Å²) in [6.45, 7) is 3.85. The van der Waals surface area contributed by atoms with Crippen LogP contribution in [0.2, 0.25) is 0 Å². The average Bonchev–Trinajstić information content (AvgIpc) is 3.99. The zero-order chi connectivity index (χ0) is 55.1. The number of para-hydroxylation sites is 7. The van der Waals surface area contributed by atoms with E-state index in [0.29, 0.717) is 23.3 Å². The van der Waals surface area contributed by atoms with Crippen LogP contribution in [0.4, 0.5) is 0 Å². The molecule has 16 rings (SSSR count). The molecule has 8 heteroatoms. The minimum atomic E-state index is 0.609. The predicted octanol–water partition coefficient (Wildman–Crippen LogP) is 18.6. The number of rotatable bonds is 9. The van der Waals surface area contributed by atoms with Gasteiger partial charge in [-0.15, -0.1) is 0 Å². The van der Waals surface area contributed by atoms with Gasteiger partial charge in [0.1, 0.15) is 11.6 Å². The maximum absolute atomic E-state index is 5.58. The van der Waals surface area contributed by atoms with Crippen molar-refractivity contribution in [3.8, 4) is 84.6 Å². The Bertz CT molecular complexity index is 4880. The Labute approximate surface area is 478 Å². The van der Waals surface area contributed by atoms with Crippen molar-refractivity contribution in [2.75, 3.05) is 0 Å². The molecule has 0 N–H and O–H groups in total. The highest BCUT2D eigenvalue weighted by molar-refractivity contribution is 6.14. The predicted molar refractivity (Wildman–Crippen MR) is 341 cm³/mol. The first-order chi connectivity index (χ1) is 41.0. The van der Waals surface area contributed by atoms with Crippen molar-refractivity contribution in [2.45, 2.75) is 13.8 Å². The Kier molecular flexibility index (Phi) is 11.1. The average molecular weight is 1060 g/mol. The molecule has 0 saturated carbocycles. The van der Waals surface area contributed by atoms with Gasteiger partial charge in [-0.05, 0) is 92.7 Å². The van der Waals surface area contributed by atoms with Crippen molar-refractivity contribution >= 4 is 65.4 Å². The lowest BCUT2D eigenvalue weighted by Gasteiger charge is -2.24. The van der Waals surface area contributed by atoms with Gasteiger partial charge in [-0.25, -0.2) is 24.9 Å². The molecule has 11 aromatic carbocycles. The molecule has 8 nitrogen and oxygen atoms in total. The van der Waals surface area contributed by atoms with Crippen LogP contribution in [0.15, 0.2) is 267 Å². The molecule has 0 amide bonds. The van der Waals surface area contributed by atoms with Gasteiger partial charge in [0, 0.05) is 76.8 Å². The topological polar surface area (TPSA) is 79.2 Å². The number of fused-ring (bicyclic) bond motifs is 9. The maximum atomic E-state index is 5.58. The lowest BCUT2D eigenvalue weighted by atomic mass is 9.90. The van der Waals surface area contributed by atoms with Gasteiger partial charge >= 0.3 is 0 Å². The summed E-state index contributed by atoms with van der Waals surface area (Å²) >= 11 is 0. The Morgan fingerprint density at radius 2 is 0.602 bits per heavy atom. The van der Waals surface area contributed by atoms with Gasteiger partial charge in [-0.1, -0.05) is 188 Å². The van der Waals surface area contributed by atoms with E-state index >= 15 is 0 Å². The number of benzene rings is 11. The Balaban J connectivity index is 1.09. The molecule has 0 spiro atoms. The van der Waals surface area contributed by atoms with Crippen molar-refractivity contribution in [1.29, 1.82) is 0 Å². The third kappa shape index (κ3) is 7.87. The van der Waals surface area contributed by atoms with Crippen molar-refractivity contribution in [3.63, 3.8) is 0 Å². The highest BCUT2D eigenvalue weighted by Gasteiger charge is 2.28. The van der Waals surface area contributed by atoms with Crippen molar-refractivity contribution < 1.29 is 0 Å². The fourth-order valence-corrected chi connectivity index (χ4v) is 12.8. The van der Waals surface area contributed by atoms with Crippen LogP contribution < -0.4 is 0 Å². The fraction of sp³-hybridized carbons (Fsp3) is 0.0267. The highest BCUT2D eigenvalue weighted by Crippen LogP contribution is 2.48. The van der Waals surface area contributed by atoms with Gasteiger partial charge in [-0.3, -0.25) is 0 Å². The van der Waals surface area contributed by atoms with E-state index in [9.17, 15) is 0 Å². The summed E-state index contributed by atoms with van der Waals surface area (Å²) in [5.41, 5.74) is 19.2. The van der Waals surface area contributed by atoms with Gasteiger partial charge in [0.25, 0.3) is 0 Å². The second-order valence-electron chi connectivity index (χ2n) is 21.2. The molecule has 390 valence electrons. The van der Waals surface area contributed by atoms with E-state index in [4.69, 9.17) is 19.9 Å². The summed E-state index contributed by atoms with van der Waals surface area (Å²) in [7, 11) is 0. The zero-order valence-electron chi connectivity index (χ0n) is 45.5. The van der Waals surface area contributed by atoms with E-state index in [0.717, 1.165) is 117 Å². The second kappa shape index (κ2) is 19.3. The van der Waals surface area contributed by atoms with E-state index < -0.39 is 0 Å². The Hall–Kier alpha value is -11.1. The largest absolute Gasteiger partial charge is 0.309 e. The summed E-state index contributed by atoms with van der Waals surface area (Å²) < 4.78 is 7.38. The molecule has 16 aromatic rings. The van der Waals surface area contributed by atoms with E-state index in [1.807, 2.05) is 13.8 Å². The van der Waals surface area contributed by atoms with E-state index in [-0.39, 0.29) is 0 Å².